The number of carbonyl (C=O) groups excluding carboxylic acids is 2. The number of hydrogen-bond donors (Lipinski definition) is 1. The Morgan fingerprint density at radius 1 is 1.26 bits per heavy atom. The van der Waals surface area contributed by atoms with Crippen LogP contribution in [0.5, 0.6) is 0 Å². The van der Waals surface area contributed by atoms with Gasteiger partial charge < -0.3 is 10.1 Å². The van der Waals surface area contributed by atoms with Crippen molar-refractivity contribution in [3.63, 3.8) is 0 Å². The van der Waals surface area contributed by atoms with Crippen LogP contribution >= 0.6 is 0 Å². The van der Waals surface area contributed by atoms with Gasteiger partial charge in [0.05, 0.1) is 7.11 Å². The van der Waals surface area contributed by atoms with Crippen molar-refractivity contribution in [2.45, 2.75) is 19.8 Å². The van der Waals surface area contributed by atoms with E-state index in [2.05, 4.69) is 28.0 Å². The molecule has 1 aromatic heterocycles. The summed E-state index contributed by atoms with van der Waals surface area (Å²) in [5, 5.41) is 2.88. The molecule has 120 valence electrons. The summed E-state index contributed by atoms with van der Waals surface area (Å²) in [7, 11) is 1.28. The van der Waals surface area contributed by atoms with E-state index in [1.54, 1.807) is 6.07 Å². The number of hydrogen-bond acceptors (Lipinski definition) is 4. The highest BCUT2D eigenvalue weighted by Gasteiger charge is 2.13. The molecule has 0 saturated heterocycles. The van der Waals surface area contributed by atoms with Crippen LogP contribution in [0.15, 0.2) is 42.6 Å². The molecule has 0 fully saturated rings. The number of methoxy groups -OCH3 is 1. The maximum atomic E-state index is 12.2. The summed E-state index contributed by atoms with van der Waals surface area (Å²) in [4.78, 5) is 27.6. The lowest BCUT2D eigenvalue weighted by Crippen LogP contribution is -2.27. The second-order valence-corrected chi connectivity index (χ2v) is 5.45. The Bertz CT molecular complexity index is 713. The zero-order valence-electron chi connectivity index (χ0n) is 13.5. The highest BCUT2D eigenvalue weighted by Crippen LogP contribution is 2.15. The highest BCUT2D eigenvalue weighted by atomic mass is 16.5. The van der Waals surface area contributed by atoms with Gasteiger partial charge in [-0.3, -0.25) is 4.79 Å². The molecule has 0 saturated carbocycles. The van der Waals surface area contributed by atoms with Crippen LogP contribution in [-0.2, 0) is 4.74 Å². The van der Waals surface area contributed by atoms with Crippen molar-refractivity contribution in [3.8, 4) is 0 Å². The number of rotatable bonds is 5. The monoisotopic (exact) mass is 312 g/mol. The van der Waals surface area contributed by atoms with E-state index in [0.29, 0.717) is 12.1 Å². The van der Waals surface area contributed by atoms with E-state index in [0.717, 1.165) is 0 Å². The number of pyridine rings is 1. The molecule has 1 aromatic carbocycles. The molecule has 2 aromatic rings. The number of amides is 1. The predicted octanol–water partition coefficient (Wildman–Crippen LogP) is 2.71. The summed E-state index contributed by atoms with van der Waals surface area (Å²) >= 11 is 0. The Balaban J connectivity index is 2.01. The summed E-state index contributed by atoms with van der Waals surface area (Å²) in [5.41, 5.74) is 2.87. The zero-order valence-corrected chi connectivity index (χ0v) is 13.5. The molecule has 23 heavy (non-hydrogen) atoms. The number of nitrogens with one attached hydrogen (secondary N) is 1. The average Bonchev–Trinajstić information content (AvgIpc) is 2.58. The fourth-order valence-corrected chi connectivity index (χ4v) is 2.23. The van der Waals surface area contributed by atoms with Crippen molar-refractivity contribution in [1.82, 2.24) is 10.3 Å². The van der Waals surface area contributed by atoms with E-state index in [-0.39, 0.29) is 17.5 Å². The fraction of sp³-hybridized carbons (Fsp3) is 0.278. The molecule has 0 aliphatic rings. The van der Waals surface area contributed by atoms with Crippen LogP contribution in [0.2, 0.25) is 0 Å². The van der Waals surface area contributed by atoms with Gasteiger partial charge in [0, 0.05) is 18.3 Å². The van der Waals surface area contributed by atoms with Crippen molar-refractivity contribution in [2.24, 2.45) is 0 Å². The van der Waals surface area contributed by atoms with Gasteiger partial charge in [-0.25, -0.2) is 9.78 Å². The van der Waals surface area contributed by atoms with E-state index in [1.807, 2.05) is 25.1 Å². The van der Waals surface area contributed by atoms with Crippen molar-refractivity contribution < 1.29 is 14.3 Å². The first kappa shape index (κ1) is 16.7. The first-order chi connectivity index (χ1) is 11.0. The molecule has 0 aliphatic carbocycles. The summed E-state index contributed by atoms with van der Waals surface area (Å²) in [6.07, 6.45) is 1.42. The number of esters is 1. The Morgan fingerprint density at radius 3 is 2.74 bits per heavy atom. The highest BCUT2D eigenvalue weighted by molar-refractivity contribution is 5.96. The first-order valence-electron chi connectivity index (χ1n) is 7.40. The quantitative estimate of drug-likeness (QED) is 0.862. The van der Waals surface area contributed by atoms with Gasteiger partial charge in [-0.15, -0.1) is 0 Å². The van der Waals surface area contributed by atoms with Crippen LogP contribution in [0.1, 0.15) is 44.8 Å². The second-order valence-electron chi connectivity index (χ2n) is 5.45. The first-order valence-corrected chi connectivity index (χ1v) is 7.40. The standard InChI is InChI=1S/C18H20N2O3/c1-12-5-4-6-14(9-12)13(2)11-20-17(21)15-7-8-19-16(10-15)18(22)23-3/h4-10,13H,11H2,1-3H3,(H,20,21)/t13-/m0/s1. The average molecular weight is 312 g/mol. The lowest BCUT2D eigenvalue weighted by Gasteiger charge is -2.14. The summed E-state index contributed by atoms with van der Waals surface area (Å²) in [6.45, 7) is 4.61. The van der Waals surface area contributed by atoms with Crippen LogP contribution in [0.3, 0.4) is 0 Å². The number of ether oxygens (including phenoxy) is 1. The number of carbonyl (C=O) groups is 2. The Kier molecular flexibility index (Phi) is 5.46. The number of aryl methyl sites for hydroxylation is 1. The van der Waals surface area contributed by atoms with Crippen molar-refractivity contribution in [2.75, 3.05) is 13.7 Å². The van der Waals surface area contributed by atoms with Gasteiger partial charge in [-0.05, 0) is 30.5 Å². The van der Waals surface area contributed by atoms with E-state index in [4.69, 9.17) is 0 Å². The minimum Gasteiger partial charge on any atom is -0.464 e. The normalized spacial score (nSPS) is 11.6. The van der Waals surface area contributed by atoms with Crippen LogP contribution in [0.25, 0.3) is 0 Å². The van der Waals surface area contributed by atoms with Gasteiger partial charge >= 0.3 is 5.97 Å². The number of nitrogens with zero attached hydrogens (tertiary/aromatic N) is 1. The van der Waals surface area contributed by atoms with Gasteiger partial charge in [0.1, 0.15) is 5.69 Å². The molecule has 0 bridgehead atoms. The third-order valence-corrected chi connectivity index (χ3v) is 3.60. The lowest BCUT2D eigenvalue weighted by molar-refractivity contribution is 0.0594. The Hall–Kier alpha value is -2.69. The predicted molar refractivity (Wildman–Crippen MR) is 87.5 cm³/mol. The van der Waals surface area contributed by atoms with Crippen LogP contribution < -0.4 is 5.32 Å². The molecule has 0 unspecified atom stereocenters. The van der Waals surface area contributed by atoms with Crippen LogP contribution in [-0.4, -0.2) is 30.5 Å². The Morgan fingerprint density at radius 2 is 2.04 bits per heavy atom. The summed E-state index contributed by atoms with van der Waals surface area (Å²) < 4.78 is 4.61. The number of benzene rings is 1. The van der Waals surface area contributed by atoms with E-state index >= 15 is 0 Å². The van der Waals surface area contributed by atoms with E-state index in [1.165, 1.54) is 30.5 Å². The van der Waals surface area contributed by atoms with Gasteiger partial charge in [0.15, 0.2) is 0 Å². The fourth-order valence-electron chi connectivity index (χ4n) is 2.23. The van der Waals surface area contributed by atoms with E-state index < -0.39 is 5.97 Å². The zero-order chi connectivity index (χ0) is 16.8. The SMILES string of the molecule is COC(=O)c1cc(C(=O)NC[C@H](C)c2cccc(C)c2)ccn1. The molecule has 1 amide bonds. The van der Waals surface area contributed by atoms with Crippen molar-refractivity contribution in [3.05, 3.63) is 65.0 Å². The largest absolute Gasteiger partial charge is 0.464 e. The third-order valence-electron chi connectivity index (χ3n) is 3.60. The van der Waals surface area contributed by atoms with Gasteiger partial charge in [0.25, 0.3) is 5.91 Å². The lowest BCUT2D eigenvalue weighted by atomic mass is 9.99. The van der Waals surface area contributed by atoms with Crippen LogP contribution in [0.4, 0.5) is 0 Å². The van der Waals surface area contributed by atoms with Crippen molar-refractivity contribution in [1.29, 1.82) is 0 Å². The summed E-state index contributed by atoms with van der Waals surface area (Å²) in [5.74, 6) is -0.606. The topological polar surface area (TPSA) is 68.3 Å². The van der Waals surface area contributed by atoms with Gasteiger partial charge in [0.2, 0.25) is 0 Å². The molecule has 0 radical (unpaired) electrons. The maximum absolute atomic E-state index is 12.2. The van der Waals surface area contributed by atoms with E-state index in [9.17, 15) is 9.59 Å². The smallest absolute Gasteiger partial charge is 0.356 e. The second kappa shape index (κ2) is 7.54. The number of aromatic nitrogens is 1. The molecule has 5 heteroatoms. The maximum Gasteiger partial charge on any atom is 0.356 e. The minimum atomic E-state index is -0.562. The molecule has 1 N–H and O–H groups in total. The molecule has 1 heterocycles. The molecular formula is C18H20N2O3. The van der Waals surface area contributed by atoms with Crippen molar-refractivity contribution >= 4 is 11.9 Å². The Labute approximate surface area is 135 Å². The molecule has 2 rings (SSSR count). The molecular weight excluding hydrogens is 292 g/mol. The molecule has 5 nitrogen and oxygen atoms in total. The summed E-state index contributed by atoms with van der Waals surface area (Å²) in [6, 6.07) is 11.2. The molecule has 0 aliphatic heterocycles. The van der Waals surface area contributed by atoms with Crippen LogP contribution in [0, 0.1) is 6.92 Å². The van der Waals surface area contributed by atoms with Gasteiger partial charge in [-0.1, -0.05) is 36.8 Å². The molecule has 0 spiro atoms. The molecule has 1 atom stereocenters. The minimum absolute atomic E-state index is 0.117. The van der Waals surface area contributed by atoms with Gasteiger partial charge in [-0.2, -0.15) is 0 Å². The third kappa shape index (κ3) is 4.39.